The molecule has 1 aromatic carbocycles. The lowest BCUT2D eigenvalue weighted by Crippen LogP contribution is -2.01. The van der Waals surface area contributed by atoms with Crippen molar-refractivity contribution in [2.45, 2.75) is 6.42 Å². The van der Waals surface area contributed by atoms with Gasteiger partial charge in [0.25, 0.3) is 0 Å². The molecule has 0 N–H and O–H groups in total. The lowest BCUT2D eigenvalue weighted by atomic mass is 10.1. The SMILES string of the molecule is COc1ccc(C2=NOC(=O)C2)cc1OC. The second kappa shape index (κ2) is 4.22. The molecule has 0 saturated heterocycles. The van der Waals surface area contributed by atoms with E-state index in [0.717, 1.165) is 5.56 Å². The third-order valence-corrected chi connectivity index (χ3v) is 2.29. The molecule has 1 heterocycles. The summed E-state index contributed by atoms with van der Waals surface area (Å²) in [6.45, 7) is 0. The molecule has 0 aliphatic carbocycles. The number of rotatable bonds is 3. The van der Waals surface area contributed by atoms with Crippen LogP contribution in [-0.2, 0) is 9.63 Å². The smallest absolute Gasteiger partial charge is 0.341 e. The first-order chi connectivity index (χ1) is 7.74. The second-order valence-corrected chi connectivity index (χ2v) is 3.25. The van der Waals surface area contributed by atoms with Crippen LogP contribution < -0.4 is 9.47 Å². The Balaban J connectivity index is 2.33. The standard InChI is InChI=1S/C11H11NO4/c1-14-9-4-3-7(5-10(9)15-2)8-6-11(13)16-12-8/h3-5H,6H2,1-2H3. The first-order valence-corrected chi connectivity index (χ1v) is 4.73. The fraction of sp³-hybridized carbons (Fsp3) is 0.273. The first kappa shape index (κ1) is 10.5. The van der Waals surface area contributed by atoms with Crippen molar-refractivity contribution in [1.29, 1.82) is 0 Å². The Kier molecular flexibility index (Phi) is 2.76. The summed E-state index contributed by atoms with van der Waals surface area (Å²) in [6, 6.07) is 5.33. The van der Waals surface area contributed by atoms with Gasteiger partial charge in [-0.2, -0.15) is 0 Å². The normalized spacial score (nSPS) is 14.4. The zero-order valence-electron chi connectivity index (χ0n) is 9.02. The maximum absolute atomic E-state index is 10.9. The van der Waals surface area contributed by atoms with E-state index in [4.69, 9.17) is 9.47 Å². The van der Waals surface area contributed by atoms with E-state index in [1.807, 2.05) is 6.07 Å². The van der Waals surface area contributed by atoms with Gasteiger partial charge >= 0.3 is 5.97 Å². The van der Waals surface area contributed by atoms with Gasteiger partial charge in [-0.25, -0.2) is 4.79 Å². The topological polar surface area (TPSA) is 57.1 Å². The molecule has 0 bridgehead atoms. The molecule has 0 radical (unpaired) electrons. The van der Waals surface area contributed by atoms with E-state index < -0.39 is 0 Å². The summed E-state index contributed by atoms with van der Waals surface area (Å²) in [5, 5.41) is 3.69. The third-order valence-electron chi connectivity index (χ3n) is 2.29. The van der Waals surface area contributed by atoms with Crippen molar-refractivity contribution in [3.05, 3.63) is 23.8 Å². The predicted octanol–water partition coefficient (Wildman–Crippen LogP) is 1.35. The van der Waals surface area contributed by atoms with E-state index in [9.17, 15) is 4.79 Å². The van der Waals surface area contributed by atoms with Gasteiger partial charge in [-0.1, -0.05) is 5.16 Å². The monoisotopic (exact) mass is 221 g/mol. The highest BCUT2D eigenvalue weighted by atomic mass is 16.7. The number of nitrogens with zero attached hydrogens (tertiary/aromatic N) is 1. The number of hydrogen-bond acceptors (Lipinski definition) is 5. The molecule has 0 atom stereocenters. The number of benzene rings is 1. The second-order valence-electron chi connectivity index (χ2n) is 3.25. The van der Waals surface area contributed by atoms with Crippen LogP contribution in [0.4, 0.5) is 0 Å². The van der Waals surface area contributed by atoms with E-state index in [1.165, 1.54) is 0 Å². The number of carbonyl (C=O) groups excluding carboxylic acids is 1. The van der Waals surface area contributed by atoms with Crippen molar-refractivity contribution >= 4 is 11.7 Å². The minimum Gasteiger partial charge on any atom is -0.493 e. The summed E-state index contributed by atoms with van der Waals surface area (Å²) < 4.78 is 10.3. The van der Waals surface area contributed by atoms with Crippen LogP contribution in [0.15, 0.2) is 23.4 Å². The molecule has 5 nitrogen and oxygen atoms in total. The highest BCUT2D eigenvalue weighted by Gasteiger charge is 2.20. The van der Waals surface area contributed by atoms with E-state index in [0.29, 0.717) is 17.2 Å². The van der Waals surface area contributed by atoms with E-state index >= 15 is 0 Å². The number of oxime groups is 1. The molecule has 0 fully saturated rings. The molecular weight excluding hydrogens is 210 g/mol. The maximum Gasteiger partial charge on any atom is 0.341 e. The molecular formula is C11H11NO4. The van der Waals surface area contributed by atoms with Crippen LogP contribution in [0.2, 0.25) is 0 Å². The molecule has 0 saturated carbocycles. The van der Waals surface area contributed by atoms with Gasteiger partial charge in [0.2, 0.25) is 0 Å². The highest BCUT2D eigenvalue weighted by molar-refractivity contribution is 6.11. The van der Waals surface area contributed by atoms with Crippen molar-refractivity contribution < 1.29 is 19.1 Å². The molecule has 0 spiro atoms. The molecule has 1 aliphatic rings. The highest BCUT2D eigenvalue weighted by Crippen LogP contribution is 2.28. The van der Waals surface area contributed by atoms with Crippen molar-refractivity contribution in [1.82, 2.24) is 0 Å². The molecule has 0 amide bonds. The summed E-state index contributed by atoms with van der Waals surface area (Å²) in [5.74, 6) is 0.893. The molecule has 0 unspecified atom stereocenters. The van der Waals surface area contributed by atoms with Crippen LogP contribution in [0.25, 0.3) is 0 Å². The minimum atomic E-state index is -0.343. The molecule has 5 heteroatoms. The lowest BCUT2D eigenvalue weighted by molar-refractivity contribution is -0.140. The van der Waals surface area contributed by atoms with Gasteiger partial charge in [-0.15, -0.1) is 0 Å². The molecule has 0 aromatic heterocycles. The van der Waals surface area contributed by atoms with Gasteiger partial charge in [0, 0.05) is 5.56 Å². The number of methoxy groups -OCH3 is 2. The average molecular weight is 221 g/mol. The zero-order chi connectivity index (χ0) is 11.5. The Labute approximate surface area is 92.6 Å². The van der Waals surface area contributed by atoms with Gasteiger partial charge in [0.05, 0.1) is 26.4 Å². The van der Waals surface area contributed by atoms with Gasteiger partial charge in [0.15, 0.2) is 11.5 Å². The van der Waals surface area contributed by atoms with E-state index in [1.54, 1.807) is 26.4 Å². The molecule has 1 aliphatic heterocycles. The fourth-order valence-corrected chi connectivity index (χ4v) is 1.48. The molecule has 1 aromatic rings. The van der Waals surface area contributed by atoms with Gasteiger partial charge in [-0.05, 0) is 18.2 Å². The predicted molar refractivity (Wildman–Crippen MR) is 56.8 cm³/mol. The van der Waals surface area contributed by atoms with Crippen LogP contribution in [0, 0.1) is 0 Å². The molecule has 84 valence electrons. The van der Waals surface area contributed by atoms with Gasteiger partial charge in [0.1, 0.15) is 0 Å². The van der Waals surface area contributed by atoms with Crippen LogP contribution in [-0.4, -0.2) is 25.9 Å². The Bertz CT molecular complexity index is 453. The number of ether oxygens (including phenoxy) is 2. The average Bonchev–Trinajstić information content (AvgIpc) is 2.75. The Morgan fingerprint density at radius 2 is 2.00 bits per heavy atom. The van der Waals surface area contributed by atoms with Crippen molar-refractivity contribution in [2.75, 3.05) is 14.2 Å². The molecule has 2 rings (SSSR count). The minimum absolute atomic E-state index is 0.190. The summed E-state index contributed by atoms with van der Waals surface area (Å²) in [6.07, 6.45) is 0.190. The number of carbonyl (C=O) groups is 1. The fourth-order valence-electron chi connectivity index (χ4n) is 1.48. The third kappa shape index (κ3) is 1.84. The summed E-state index contributed by atoms with van der Waals surface area (Å²) in [7, 11) is 3.12. The van der Waals surface area contributed by atoms with Crippen molar-refractivity contribution in [2.24, 2.45) is 5.16 Å². The van der Waals surface area contributed by atoms with E-state index in [-0.39, 0.29) is 12.4 Å². The first-order valence-electron chi connectivity index (χ1n) is 4.73. The van der Waals surface area contributed by atoms with Crippen LogP contribution >= 0.6 is 0 Å². The molecule has 16 heavy (non-hydrogen) atoms. The zero-order valence-corrected chi connectivity index (χ0v) is 9.02. The number of hydrogen-bond donors (Lipinski definition) is 0. The Morgan fingerprint density at radius 1 is 1.25 bits per heavy atom. The quantitative estimate of drug-likeness (QED) is 0.723. The van der Waals surface area contributed by atoms with Gasteiger partial charge in [-0.3, -0.25) is 0 Å². The summed E-state index contributed by atoms with van der Waals surface area (Å²) in [4.78, 5) is 15.4. The van der Waals surface area contributed by atoms with Crippen molar-refractivity contribution in [3.63, 3.8) is 0 Å². The largest absolute Gasteiger partial charge is 0.493 e. The Hall–Kier alpha value is -2.04. The van der Waals surface area contributed by atoms with Crippen molar-refractivity contribution in [3.8, 4) is 11.5 Å². The summed E-state index contributed by atoms with van der Waals surface area (Å²) >= 11 is 0. The summed E-state index contributed by atoms with van der Waals surface area (Å²) in [5.41, 5.74) is 1.40. The maximum atomic E-state index is 10.9. The van der Waals surface area contributed by atoms with Crippen LogP contribution in [0.5, 0.6) is 11.5 Å². The Morgan fingerprint density at radius 3 is 2.56 bits per heavy atom. The lowest BCUT2D eigenvalue weighted by Gasteiger charge is -2.08. The van der Waals surface area contributed by atoms with Crippen LogP contribution in [0.3, 0.4) is 0 Å². The van der Waals surface area contributed by atoms with E-state index in [2.05, 4.69) is 9.99 Å². The van der Waals surface area contributed by atoms with Crippen LogP contribution in [0.1, 0.15) is 12.0 Å². The van der Waals surface area contributed by atoms with Gasteiger partial charge < -0.3 is 14.3 Å².